The molecular weight excluding hydrogens is 409 g/mol. The number of hydrogen-bond acceptors (Lipinski definition) is 5. The lowest BCUT2D eigenvalue weighted by molar-refractivity contribution is 0.225. The van der Waals surface area contributed by atoms with Gasteiger partial charge in [-0.05, 0) is 59.6 Å². The number of hydrogen-bond donors (Lipinski definition) is 0. The molecule has 162 valence electrons. The first kappa shape index (κ1) is 21.6. The third-order valence-corrected chi connectivity index (χ3v) is 6.70. The first-order valence-corrected chi connectivity index (χ1v) is 11.9. The summed E-state index contributed by atoms with van der Waals surface area (Å²) >= 11 is 1.69. The van der Waals surface area contributed by atoms with Gasteiger partial charge in [0.15, 0.2) is 11.6 Å². The molecule has 0 amide bonds. The number of aryl methyl sites for hydroxylation is 1. The number of rotatable bonds is 7. The summed E-state index contributed by atoms with van der Waals surface area (Å²) in [5, 5.41) is 0. The minimum Gasteiger partial charge on any atom is -0.490 e. The molecule has 0 aliphatic carbocycles. The lowest BCUT2D eigenvalue weighted by Gasteiger charge is -2.17. The van der Waals surface area contributed by atoms with Gasteiger partial charge in [0.2, 0.25) is 5.95 Å². The van der Waals surface area contributed by atoms with E-state index in [1.165, 1.54) is 4.90 Å². The second-order valence-electron chi connectivity index (χ2n) is 8.07. The van der Waals surface area contributed by atoms with Crippen LogP contribution in [0.2, 0.25) is 0 Å². The minimum atomic E-state index is -0.326. The van der Waals surface area contributed by atoms with Gasteiger partial charge >= 0.3 is 0 Å². The summed E-state index contributed by atoms with van der Waals surface area (Å²) in [6, 6.07) is 13.3. The van der Waals surface area contributed by atoms with Crippen LogP contribution in [0.3, 0.4) is 0 Å². The van der Waals surface area contributed by atoms with Gasteiger partial charge in [0, 0.05) is 36.3 Å². The van der Waals surface area contributed by atoms with E-state index in [1.54, 1.807) is 23.9 Å². The normalized spacial score (nSPS) is 18.4. The third kappa shape index (κ3) is 5.01. The van der Waals surface area contributed by atoms with Crippen molar-refractivity contribution >= 4 is 17.7 Å². The molecule has 3 aromatic rings. The van der Waals surface area contributed by atoms with Crippen LogP contribution in [-0.4, -0.2) is 35.9 Å². The van der Waals surface area contributed by atoms with E-state index in [0.29, 0.717) is 24.2 Å². The highest BCUT2D eigenvalue weighted by atomic mass is 32.2. The fourth-order valence-corrected chi connectivity index (χ4v) is 4.29. The highest BCUT2D eigenvalue weighted by Crippen LogP contribution is 2.30. The van der Waals surface area contributed by atoms with E-state index < -0.39 is 0 Å². The molecule has 2 unspecified atom stereocenters. The summed E-state index contributed by atoms with van der Waals surface area (Å²) in [7, 11) is 0. The molecule has 1 aromatic heterocycles. The van der Waals surface area contributed by atoms with Crippen LogP contribution in [0, 0.1) is 17.7 Å². The molecule has 0 bridgehead atoms. The van der Waals surface area contributed by atoms with Crippen molar-refractivity contribution in [1.82, 2.24) is 9.97 Å². The Morgan fingerprint density at radius 2 is 1.77 bits per heavy atom. The van der Waals surface area contributed by atoms with Crippen molar-refractivity contribution in [1.29, 1.82) is 0 Å². The monoisotopic (exact) mass is 437 g/mol. The van der Waals surface area contributed by atoms with Crippen LogP contribution in [0.1, 0.15) is 19.4 Å². The largest absolute Gasteiger partial charge is 0.490 e. The van der Waals surface area contributed by atoms with E-state index >= 15 is 0 Å². The van der Waals surface area contributed by atoms with Gasteiger partial charge < -0.3 is 9.64 Å². The predicted octanol–water partition coefficient (Wildman–Crippen LogP) is 5.72. The Morgan fingerprint density at radius 1 is 1.06 bits per heavy atom. The smallest absolute Gasteiger partial charge is 0.225 e. The van der Waals surface area contributed by atoms with Gasteiger partial charge in [-0.15, -0.1) is 11.8 Å². The summed E-state index contributed by atoms with van der Waals surface area (Å²) < 4.78 is 20.6. The number of ether oxygens (including phenoxy) is 1. The third-order valence-electron chi connectivity index (χ3n) is 5.96. The Balaban J connectivity index is 1.38. The molecule has 0 saturated carbocycles. The number of nitrogens with zero attached hydrogens (tertiary/aromatic N) is 3. The Hall–Kier alpha value is -2.60. The summed E-state index contributed by atoms with van der Waals surface area (Å²) in [5.74, 6) is 1.46. The number of aromatic nitrogens is 2. The standard InChI is InChI=1S/C25H28FN3OS/c1-4-18-12-27-25(28-13-18)29-14-17(2)21(15-29)16-30-24-10-7-20(11-23(24)26)19-5-8-22(31-3)9-6-19/h5-13,17,21H,4,14-16H2,1-3H3. The molecule has 2 aromatic carbocycles. The maximum Gasteiger partial charge on any atom is 0.225 e. The maximum absolute atomic E-state index is 14.7. The van der Waals surface area contributed by atoms with E-state index in [1.807, 2.05) is 36.8 Å². The number of benzene rings is 2. The van der Waals surface area contributed by atoms with Gasteiger partial charge in [0.1, 0.15) is 0 Å². The molecule has 1 fully saturated rings. The SMILES string of the molecule is CCc1cnc(N2CC(C)C(COc3ccc(-c4ccc(SC)cc4)cc3F)C2)nc1. The van der Waals surface area contributed by atoms with Gasteiger partial charge in [0.25, 0.3) is 0 Å². The average molecular weight is 438 g/mol. The molecular formula is C25H28FN3OS. The maximum atomic E-state index is 14.7. The predicted molar refractivity (Wildman–Crippen MR) is 125 cm³/mol. The first-order chi connectivity index (χ1) is 15.1. The summed E-state index contributed by atoms with van der Waals surface area (Å²) in [6.07, 6.45) is 6.76. The van der Waals surface area contributed by atoms with Crippen LogP contribution in [0.25, 0.3) is 11.1 Å². The van der Waals surface area contributed by atoms with Crippen LogP contribution >= 0.6 is 11.8 Å². The van der Waals surface area contributed by atoms with Gasteiger partial charge in [-0.3, -0.25) is 0 Å². The minimum absolute atomic E-state index is 0.299. The van der Waals surface area contributed by atoms with Gasteiger partial charge in [-0.1, -0.05) is 32.0 Å². The topological polar surface area (TPSA) is 38.2 Å². The fourth-order valence-electron chi connectivity index (χ4n) is 3.89. The van der Waals surface area contributed by atoms with Crippen LogP contribution in [-0.2, 0) is 6.42 Å². The van der Waals surface area contributed by atoms with Gasteiger partial charge in [-0.2, -0.15) is 0 Å². The summed E-state index contributed by atoms with van der Waals surface area (Å²) in [4.78, 5) is 12.4. The molecule has 2 atom stereocenters. The molecule has 1 saturated heterocycles. The van der Waals surface area contributed by atoms with E-state index in [0.717, 1.165) is 42.1 Å². The molecule has 0 radical (unpaired) electrons. The van der Waals surface area contributed by atoms with Crippen LogP contribution in [0.15, 0.2) is 59.8 Å². The Morgan fingerprint density at radius 3 is 2.42 bits per heavy atom. The lowest BCUT2D eigenvalue weighted by Crippen LogP contribution is -2.23. The molecule has 4 nitrogen and oxygen atoms in total. The van der Waals surface area contributed by atoms with Gasteiger partial charge in [-0.25, -0.2) is 14.4 Å². The number of anilines is 1. The summed E-state index contributed by atoms with van der Waals surface area (Å²) in [5.41, 5.74) is 2.98. The summed E-state index contributed by atoms with van der Waals surface area (Å²) in [6.45, 7) is 6.47. The number of halogens is 1. The van der Waals surface area contributed by atoms with Crippen molar-refractivity contribution < 1.29 is 9.13 Å². The van der Waals surface area contributed by atoms with Crippen molar-refractivity contribution in [2.45, 2.75) is 25.2 Å². The van der Waals surface area contributed by atoms with E-state index in [2.05, 4.69) is 40.8 Å². The first-order valence-electron chi connectivity index (χ1n) is 10.7. The van der Waals surface area contributed by atoms with Crippen molar-refractivity contribution in [3.8, 4) is 16.9 Å². The average Bonchev–Trinajstić information content (AvgIpc) is 3.18. The molecule has 2 heterocycles. The van der Waals surface area contributed by atoms with E-state index in [9.17, 15) is 4.39 Å². The highest BCUT2D eigenvalue weighted by molar-refractivity contribution is 7.98. The van der Waals surface area contributed by atoms with Crippen LogP contribution < -0.4 is 9.64 Å². The fraction of sp³-hybridized carbons (Fsp3) is 0.360. The zero-order valence-electron chi connectivity index (χ0n) is 18.2. The molecule has 1 aliphatic heterocycles. The van der Waals surface area contributed by atoms with Crippen molar-refractivity contribution in [3.05, 3.63) is 66.2 Å². The zero-order valence-corrected chi connectivity index (χ0v) is 19.0. The van der Waals surface area contributed by atoms with Crippen LogP contribution in [0.5, 0.6) is 5.75 Å². The Labute approximate surface area is 187 Å². The second-order valence-corrected chi connectivity index (χ2v) is 8.95. The molecule has 0 N–H and O–H groups in total. The quantitative estimate of drug-likeness (QED) is 0.442. The molecule has 6 heteroatoms. The van der Waals surface area contributed by atoms with E-state index in [4.69, 9.17) is 4.74 Å². The highest BCUT2D eigenvalue weighted by Gasteiger charge is 2.31. The van der Waals surface area contributed by atoms with Crippen molar-refractivity contribution in [3.63, 3.8) is 0 Å². The number of thioether (sulfide) groups is 1. The Bertz CT molecular complexity index is 1010. The zero-order chi connectivity index (χ0) is 21.8. The lowest BCUT2D eigenvalue weighted by atomic mass is 9.99. The van der Waals surface area contributed by atoms with Crippen LogP contribution in [0.4, 0.5) is 10.3 Å². The van der Waals surface area contributed by atoms with E-state index in [-0.39, 0.29) is 5.82 Å². The molecule has 31 heavy (non-hydrogen) atoms. The van der Waals surface area contributed by atoms with Crippen molar-refractivity contribution in [2.75, 3.05) is 30.9 Å². The van der Waals surface area contributed by atoms with Crippen molar-refractivity contribution in [2.24, 2.45) is 11.8 Å². The molecule has 4 rings (SSSR count). The Kier molecular flexibility index (Phi) is 6.76. The molecule has 0 spiro atoms. The van der Waals surface area contributed by atoms with Gasteiger partial charge in [0.05, 0.1) is 6.61 Å². The second kappa shape index (κ2) is 9.69. The molecule has 1 aliphatic rings.